The summed E-state index contributed by atoms with van der Waals surface area (Å²) >= 11 is 0. The zero-order chi connectivity index (χ0) is 12.5. The van der Waals surface area contributed by atoms with E-state index < -0.39 is 0 Å². The third-order valence-corrected chi connectivity index (χ3v) is 4.95. The van der Waals surface area contributed by atoms with E-state index in [4.69, 9.17) is 5.11 Å². The summed E-state index contributed by atoms with van der Waals surface area (Å²) in [4.78, 5) is 14.8. The molecule has 2 fully saturated rings. The van der Waals surface area contributed by atoms with E-state index in [0.29, 0.717) is 23.8 Å². The summed E-state index contributed by atoms with van der Waals surface area (Å²) < 4.78 is 0. The van der Waals surface area contributed by atoms with Crippen LogP contribution in [-0.4, -0.2) is 35.1 Å². The monoisotopic (exact) mass is 249 g/mol. The number of amides is 1. The Bertz CT molecular complexity index is 352. The van der Waals surface area contributed by atoms with Crippen molar-refractivity contribution < 1.29 is 9.90 Å². The van der Waals surface area contributed by atoms with Gasteiger partial charge >= 0.3 is 0 Å². The van der Waals surface area contributed by atoms with Crippen LogP contribution in [-0.2, 0) is 4.79 Å². The molecule has 1 saturated carbocycles. The van der Waals surface area contributed by atoms with E-state index in [-0.39, 0.29) is 12.5 Å². The molecule has 4 unspecified atom stereocenters. The van der Waals surface area contributed by atoms with Crippen LogP contribution in [0.15, 0.2) is 12.2 Å². The Kier molecular flexibility index (Phi) is 3.42. The molecule has 2 bridgehead atoms. The van der Waals surface area contributed by atoms with E-state index in [1.54, 1.807) is 0 Å². The highest BCUT2D eigenvalue weighted by molar-refractivity contribution is 5.80. The lowest BCUT2D eigenvalue weighted by atomic mass is 9.92. The SMILES string of the molecule is O=C(C1CC2C=CC1C2)N1CCCC1CCCO. The summed E-state index contributed by atoms with van der Waals surface area (Å²) in [6.45, 7) is 1.18. The molecule has 0 spiro atoms. The Labute approximate surface area is 109 Å². The summed E-state index contributed by atoms with van der Waals surface area (Å²) in [5, 5.41) is 8.94. The molecule has 3 nitrogen and oxygen atoms in total. The number of hydrogen-bond donors (Lipinski definition) is 1. The summed E-state index contributed by atoms with van der Waals surface area (Å²) in [6.07, 6.45) is 10.9. The first-order valence-electron chi connectivity index (χ1n) is 7.39. The molecule has 3 aliphatic rings. The summed E-state index contributed by atoms with van der Waals surface area (Å²) in [7, 11) is 0. The van der Waals surface area contributed by atoms with Crippen LogP contribution in [0.4, 0.5) is 0 Å². The first-order chi connectivity index (χ1) is 8.79. The van der Waals surface area contributed by atoms with Crippen molar-refractivity contribution in [3.05, 3.63) is 12.2 Å². The molecule has 0 aromatic heterocycles. The van der Waals surface area contributed by atoms with Gasteiger partial charge in [0.25, 0.3) is 0 Å². The standard InChI is InChI=1S/C15H23NO2/c17-8-2-4-13-3-1-7-16(13)15(18)14-10-11-5-6-12(14)9-11/h5-6,11-14,17H,1-4,7-10H2. The Balaban J connectivity index is 1.63. The number of carbonyl (C=O) groups excluding carboxylic acids is 1. The van der Waals surface area contributed by atoms with Crippen molar-refractivity contribution in [2.24, 2.45) is 17.8 Å². The fraction of sp³-hybridized carbons (Fsp3) is 0.800. The normalized spacial score (nSPS) is 37.7. The quantitative estimate of drug-likeness (QED) is 0.774. The number of aliphatic hydroxyl groups is 1. The summed E-state index contributed by atoms with van der Waals surface area (Å²) in [5.41, 5.74) is 0. The molecule has 2 aliphatic carbocycles. The van der Waals surface area contributed by atoms with Gasteiger partial charge in [-0.15, -0.1) is 0 Å². The van der Waals surface area contributed by atoms with Crippen molar-refractivity contribution in [2.45, 2.75) is 44.6 Å². The fourth-order valence-corrected chi connectivity index (χ4v) is 4.03. The number of fused-ring (bicyclic) bond motifs is 2. The molecule has 1 amide bonds. The van der Waals surface area contributed by atoms with E-state index in [2.05, 4.69) is 17.1 Å². The highest BCUT2D eigenvalue weighted by atomic mass is 16.3. The minimum atomic E-state index is 0.245. The molecular weight excluding hydrogens is 226 g/mol. The van der Waals surface area contributed by atoms with Crippen LogP contribution in [0.25, 0.3) is 0 Å². The van der Waals surface area contributed by atoms with E-state index in [0.717, 1.165) is 38.6 Å². The molecule has 3 heteroatoms. The van der Waals surface area contributed by atoms with Crippen molar-refractivity contribution in [3.8, 4) is 0 Å². The molecule has 3 rings (SSSR count). The number of nitrogens with zero attached hydrogens (tertiary/aromatic N) is 1. The fourth-order valence-electron chi connectivity index (χ4n) is 4.03. The molecule has 18 heavy (non-hydrogen) atoms. The largest absolute Gasteiger partial charge is 0.396 e. The summed E-state index contributed by atoms with van der Waals surface area (Å²) in [5.74, 6) is 1.84. The lowest BCUT2D eigenvalue weighted by Gasteiger charge is -2.29. The van der Waals surface area contributed by atoms with Gasteiger partial charge in [-0.1, -0.05) is 12.2 Å². The van der Waals surface area contributed by atoms with Crippen LogP contribution in [0.3, 0.4) is 0 Å². The second-order valence-corrected chi connectivity index (χ2v) is 6.08. The zero-order valence-corrected chi connectivity index (χ0v) is 10.9. The van der Waals surface area contributed by atoms with Gasteiger partial charge < -0.3 is 10.0 Å². The van der Waals surface area contributed by atoms with Crippen molar-refractivity contribution >= 4 is 5.91 Å². The Morgan fingerprint density at radius 1 is 1.33 bits per heavy atom. The molecule has 1 aliphatic heterocycles. The van der Waals surface area contributed by atoms with Gasteiger partial charge in [-0.3, -0.25) is 4.79 Å². The van der Waals surface area contributed by atoms with Gasteiger partial charge in [0, 0.05) is 25.1 Å². The molecule has 100 valence electrons. The molecular formula is C15H23NO2. The molecule has 4 atom stereocenters. The van der Waals surface area contributed by atoms with Crippen LogP contribution in [0.5, 0.6) is 0 Å². The van der Waals surface area contributed by atoms with Crippen molar-refractivity contribution in [1.29, 1.82) is 0 Å². The topological polar surface area (TPSA) is 40.5 Å². The third kappa shape index (κ3) is 2.09. The maximum Gasteiger partial charge on any atom is 0.226 e. The van der Waals surface area contributed by atoms with Gasteiger partial charge in [0.1, 0.15) is 0 Å². The first-order valence-corrected chi connectivity index (χ1v) is 7.39. The number of likely N-dealkylation sites (tertiary alicyclic amines) is 1. The predicted octanol–water partition coefficient (Wildman–Crippen LogP) is 1.96. The van der Waals surface area contributed by atoms with Crippen LogP contribution >= 0.6 is 0 Å². The molecule has 1 N–H and O–H groups in total. The van der Waals surface area contributed by atoms with Gasteiger partial charge in [-0.25, -0.2) is 0 Å². The second-order valence-electron chi connectivity index (χ2n) is 6.08. The minimum Gasteiger partial charge on any atom is -0.396 e. The predicted molar refractivity (Wildman–Crippen MR) is 69.9 cm³/mol. The third-order valence-electron chi connectivity index (χ3n) is 4.95. The van der Waals surface area contributed by atoms with Gasteiger partial charge in [-0.05, 0) is 50.4 Å². The van der Waals surface area contributed by atoms with E-state index in [1.165, 1.54) is 6.42 Å². The van der Waals surface area contributed by atoms with Gasteiger partial charge in [0.2, 0.25) is 5.91 Å². The number of carbonyl (C=O) groups is 1. The smallest absolute Gasteiger partial charge is 0.226 e. The van der Waals surface area contributed by atoms with E-state index in [9.17, 15) is 4.79 Å². The second kappa shape index (κ2) is 5.04. The van der Waals surface area contributed by atoms with E-state index >= 15 is 0 Å². The Hall–Kier alpha value is -0.830. The van der Waals surface area contributed by atoms with Crippen molar-refractivity contribution in [2.75, 3.05) is 13.2 Å². The highest BCUT2D eigenvalue weighted by Gasteiger charge is 2.43. The Morgan fingerprint density at radius 3 is 2.89 bits per heavy atom. The lowest BCUT2D eigenvalue weighted by molar-refractivity contribution is -0.137. The average molecular weight is 249 g/mol. The van der Waals surface area contributed by atoms with Gasteiger partial charge in [-0.2, -0.15) is 0 Å². The van der Waals surface area contributed by atoms with Gasteiger partial charge in [0.05, 0.1) is 0 Å². The number of rotatable bonds is 4. The molecule has 0 radical (unpaired) electrons. The molecule has 0 aromatic rings. The lowest BCUT2D eigenvalue weighted by Crippen LogP contribution is -2.41. The van der Waals surface area contributed by atoms with Crippen LogP contribution in [0.1, 0.15) is 38.5 Å². The van der Waals surface area contributed by atoms with E-state index in [1.807, 2.05) is 0 Å². The van der Waals surface area contributed by atoms with Crippen LogP contribution in [0, 0.1) is 17.8 Å². The average Bonchev–Trinajstić information content (AvgIpc) is 3.10. The Morgan fingerprint density at radius 2 is 2.22 bits per heavy atom. The van der Waals surface area contributed by atoms with Crippen molar-refractivity contribution in [1.82, 2.24) is 4.90 Å². The molecule has 1 saturated heterocycles. The van der Waals surface area contributed by atoms with Gasteiger partial charge in [0.15, 0.2) is 0 Å². The number of aliphatic hydroxyl groups excluding tert-OH is 1. The maximum atomic E-state index is 12.6. The molecule has 1 heterocycles. The number of hydrogen-bond acceptors (Lipinski definition) is 2. The zero-order valence-electron chi connectivity index (χ0n) is 10.9. The first kappa shape index (κ1) is 12.2. The van der Waals surface area contributed by atoms with Crippen LogP contribution < -0.4 is 0 Å². The van der Waals surface area contributed by atoms with Crippen molar-refractivity contribution in [3.63, 3.8) is 0 Å². The highest BCUT2D eigenvalue weighted by Crippen LogP contribution is 2.44. The summed E-state index contributed by atoms with van der Waals surface area (Å²) in [6, 6.07) is 0.396. The number of allylic oxidation sites excluding steroid dienone is 2. The minimum absolute atomic E-state index is 0.245. The van der Waals surface area contributed by atoms with Crippen LogP contribution in [0.2, 0.25) is 0 Å². The maximum absolute atomic E-state index is 12.6. The molecule has 0 aromatic carbocycles.